The largest absolute Gasteiger partial charge is 0.508 e. The van der Waals surface area contributed by atoms with Crippen LogP contribution >= 0.6 is 0 Å². The van der Waals surface area contributed by atoms with E-state index in [1.807, 2.05) is 41.3 Å². The molecule has 2 N–H and O–H groups in total. The first-order valence-electron chi connectivity index (χ1n) is 9.31. The molecule has 1 fully saturated rings. The van der Waals surface area contributed by atoms with Crippen LogP contribution in [0.1, 0.15) is 31.1 Å². The van der Waals surface area contributed by atoms with Gasteiger partial charge < -0.3 is 15.3 Å². The Morgan fingerprint density at radius 1 is 1.00 bits per heavy atom. The number of carbonyl (C=O) groups is 2. The fourth-order valence-electron chi connectivity index (χ4n) is 3.73. The lowest BCUT2D eigenvalue weighted by molar-refractivity contribution is -0.119. The number of likely N-dealkylation sites (tertiary alicyclic amines) is 1. The first-order chi connectivity index (χ1) is 12.8. The van der Waals surface area contributed by atoms with Crippen LogP contribution in [-0.2, 0) is 4.79 Å². The van der Waals surface area contributed by atoms with E-state index in [1.54, 1.807) is 12.1 Å². The molecule has 0 aliphatic carbocycles. The van der Waals surface area contributed by atoms with Gasteiger partial charge in [-0.1, -0.05) is 38.1 Å². The van der Waals surface area contributed by atoms with Crippen molar-refractivity contribution in [3.05, 3.63) is 54.1 Å². The molecule has 2 aromatic rings. The number of nitrogens with one attached hydrogen (secondary N) is 1. The topological polar surface area (TPSA) is 69.6 Å². The number of carbonyl (C=O) groups excluding carboxylic acids is 2. The molecular formula is C22H26N2O3. The van der Waals surface area contributed by atoms with Crippen molar-refractivity contribution in [2.45, 2.75) is 26.8 Å². The van der Waals surface area contributed by atoms with Crippen LogP contribution in [0.25, 0.3) is 11.1 Å². The van der Waals surface area contributed by atoms with Crippen LogP contribution in [0.4, 0.5) is 0 Å². The molecule has 1 saturated heterocycles. The minimum Gasteiger partial charge on any atom is -0.508 e. The minimum absolute atomic E-state index is 0.00252. The number of nitrogens with zero attached hydrogens (tertiary/aromatic N) is 1. The van der Waals surface area contributed by atoms with E-state index in [4.69, 9.17) is 0 Å². The van der Waals surface area contributed by atoms with Gasteiger partial charge in [-0.05, 0) is 41.3 Å². The maximum atomic E-state index is 12.9. The van der Waals surface area contributed by atoms with E-state index < -0.39 is 0 Å². The van der Waals surface area contributed by atoms with Gasteiger partial charge in [0, 0.05) is 31.5 Å². The van der Waals surface area contributed by atoms with Crippen molar-refractivity contribution in [2.24, 2.45) is 11.8 Å². The molecule has 142 valence electrons. The normalized spacial score (nSPS) is 19.3. The summed E-state index contributed by atoms with van der Waals surface area (Å²) in [5, 5.41) is 12.4. The van der Waals surface area contributed by atoms with Gasteiger partial charge in [0.15, 0.2) is 0 Å². The predicted molar refractivity (Wildman–Crippen MR) is 105 cm³/mol. The zero-order chi connectivity index (χ0) is 19.6. The summed E-state index contributed by atoms with van der Waals surface area (Å²) in [7, 11) is 0. The lowest BCUT2D eigenvalue weighted by Gasteiger charge is -2.21. The van der Waals surface area contributed by atoms with E-state index in [2.05, 4.69) is 19.2 Å². The third-order valence-corrected chi connectivity index (χ3v) is 5.23. The highest BCUT2D eigenvalue weighted by Gasteiger charge is 2.37. The molecule has 2 atom stereocenters. The fraction of sp³-hybridized carbons (Fsp3) is 0.364. The van der Waals surface area contributed by atoms with Crippen LogP contribution < -0.4 is 5.32 Å². The Balaban J connectivity index is 1.73. The van der Waals surface area contributed by atoms with Crippen molar-refractivity contribution in [1.29, 1.82) is 0 Å². The van der Waals surface area contributed by atoms with Gasteiger partial charge in [-0.3, -0.25) is 9.59 Å². The molecule has 0 bridgehead atoms. The molecule has 0 aromatic heterocycles. The molecule has 1 aliphatic rings. The van der Waals surface area contributed by atoms with Crippen LogP contribution in [0.2, 0.25) is 0 Å². The molecule has 3 rings (SSSR count). The lowest BCUT2D eigenvalue weighted by Crippen LogP contribution is -2.41. The molecule has 2 amide bonds. The van der Waals surface area contributed by atoms with Gasteiger partial charge in [-0.25, -0.2) is 0 Å². The molecule has 0 spiro atoms. The van der Waals surface area contributed by atoms with Crippen LogP contribution in [0, 0.1) is 11.8 Å². The molecule has 1 aliphatic heterocycles. The first kappa shape index (κ1) is 19.0. The van der Waals surface area contributed by atoms with Crippen molar-refractivity contribution >= 4 is 11.8 Å². The molecular weight excluding hydrogens is 340 g/mol. The third kappa shape index (κ3) is 4.30. The summed E-state index contributed by atoms with van der Waals surface area (Å²) in [6, 6.07) is 14.5. The van der Waals surface area contributed by atoms with E-state index in [9.17, 15) is 14.7 Å². The Bertz CT molecular complexity index is 812. The summed E-state index contributed by atoms with van der Waals surface area (Å²) in [6.45, 7) is 6.96. The number of benzene rings is 2. The average Bonchev–Trinajstić information content (AvgIpc) is 3.05. The van der Waals surface area contributed by atoms with Crippen LogP contribution in [-0.4, -0.2) is 41.0 Å². The van der Waals surface area contributed by atoms with Crippen molar-refractivity contribution in [2.75, 3.05) is 13.1 Å². The Morgan fingerprint density at radius 3 is 2.07 bits per heavy atom. The van der Waals surface area contributed by atoms with Gasteiger partial charge in [0.1, 0.15) is 5.75 Å². The van der Waals surface area contributed by atoms with Gasteiger partial charge in [-0.15, -0.1) is 0 Å². The molecule has 5 nitrogen and oxygen atoms in total. The van der Waals surface area contributed by atoms with E-state index in [0.717, 1.165) is 11.1 Å². The number of hydrogen-bond acceptors (Lipinski definition) is 3. The van der Waals surface area contributed by atoms with Gasteiger partial charge in [0.2, 0.25) is 5.91 Å². The van der Waals surface area contributed by atoms with Gasteiger partial charge in [0.05, 0.1) is 6.04 Å². The zero-order valence-corrected chi connectivity index (χ0v) is 16.0. The second-order valence-corrected chi connectivity index (χ2v) is 7.55. The standard InChI is InChI=1S/C22H26N2O3/c1-14(2)20-12-24(13-21(20)23-15(3)25)22(27)18-6-4-16(5-7-18)17-8-10-19(26)11-9-17/h4-11,14,20-21,26H,12-13H2,1-3H3,(H,23,25)/t20-,21+/m0/s1. The Labute approximate surface area is 160 Å². The summed E-state index contributed by atoms with van der Waals surface area (Å²) in [4.78, 5) is 26.2. The summed E-state index contributed by atoms with van der Waals surface area (Å²) >= 11 is 0. The quantitative estimate of drug-likeness (QED) is 0.872. The maximum Gasteiger partial charge on any atom is 0.253 e. The van der Waals surface area contributed by atoms with Crippen molar-refractivity contribution < 1.29 is 14.7 Å². The maximum absolute atomic E-state index is 12.9. The summed E-state index contributed by atoms with van der Waals surface area (Å²) < 4.78 is 0. The Morgan fingerprint density at radius 2 is 1.56 bits per heavy atom. The summed E-state index contributed by atoms with van der Waals surface area (Å²) in [5.74, 6) is 0.808. The van der Waals surface area contributed by atoms with Gasteiger partial charge >= 0.3 is 0 Å². The van der Waals surface area contributed by atoms with Crippen molar-refractivity contribution in [1.82, 2.24) is 10.2 Å². The zero-order valence-electron chi connectivity index (χ0n) is 16.0. The van der Waals surface area contributed by atoms with Crippen LogP contribution in [0.3, 0.4) is 0 Å². The molecule has 0 radical (unpaired) electrons. The number of aromatic hydroxyl groups is 1. The van der Waals surface area contributed by atoms with Crippen molar-refractivity contribution in [3.8, 4) is 16.9 Å². The number of phenolic OH excluding ortho intramolecular Hbond substituents is 1. The van der Waals surface area contributed by atoms with Crippen LogP contribution in [0.15, 0.2) is 48.5 Å². The second kappa shape index (κ2) is 7.82. The van der Waals surface area contributed by atoms with E-state index in [0.29, 0.717) is 24.6 Å². The fourth-order valence-corrected chi connectivity index (χ4v) is 3.73. The van der Waals surface area contributed by atoms with E-state index >= 15 is 0 Å². The third-order valence-electron chi connectivity index (χ3n) is 5.23. The second-order valence-electron chi connectivity index (χ2n) is 7.55. The number of hydrogen-bond donors (Lipinski definition) is 2. The van der Waals surface area contributed by atoms with E-state index in [-0.39, 0.29) is 29.5 Å². The predicted octanol–water partition coefficient (Wildman–Crippen LogP) is 3.29. The van der Waals surface area contributed by atoms with Crippen LogP contribution in [0.5, 0.6) is 5.75 Å². The van der Waals surface area contributed by atoms with E-state index in [1.165, 1.54) is 6.92 Å². The highest BCUT2D eigenvalue weighted by molar-refractivity contribution is 5.95. The lowest BCUT2D eigenvalue weighted by atomic mass is 9.91. The Hall–Kier alpha value is -2.82. The number of amides is 2. The first-order valence-corrected chi connectivity index (χ1v) is 9.31. The summed E-state index contributed by atoms with van der Waals surface area (Å²) in [6.07, 6.45) is 0. The molecule has 27 heavy (non-hydrogen) atoms. The molecule has 1 heterocycles. The molecule has 0 saturated carbocycles. The van der Waals surface area contributed by atoms with Crippen molar-refractivity contribution in [3.63, 3.8) is 0 Å². The smallest absolute Gasteiger partial charge is 0.253 e. The molecule has 0 unspecified atom stereocenters. The highest BCUT2D eigenvalue weighted by Crippen LogP contribution is 2.27. The van der Waals surface area contributed by atoms with Gasteiger partial charge in [-0.2, -0.15) is 0 Å². The monoisotopic (exact) mass is 366 g/mol. The highest BCUT2D eigenvalue weighted by atomic mass is 16.3. The number of phenols is 1. The Kier molecular flexibility index (Phi) is 5.49. The molecule has 2 aromatic carbocycles. The van der Waals surface area contributed by atoms with Gasteiger partial charge in [0.25, 0.3) is 5.91 Å². The molecule has 5 heteroatoms. The average molecular weight is 366 g/mol. The minimum atomic E-state index is -0.0572. The number of rotatable bonds is 4. The SMILES string of the molecule is CC(=O)N[C@@H]1CN(C(=O)c2ccc(-c3ccc(O)cc3)cc2)C[C@H]1C(C)C. The summed E-state index contributed by atoms with van der Waals surface area (Å²) in [5.41, 5.74) is 2.62.